The van der Waals surface area contributed by atoms with Gasteiger partial charge in [0.2, 0.25) is 10.0 Å². The van der Waals surface area contributed by atoms with Crippen LogP contribution >= 0.6 is 11.3 Å². The molecule has 3 N–H and O–H groups in total. The molecule has 0 aromatic carbocycles. The molecule has 0 aliphatic carbocycles. The maximum atomic E-state index is 11.9. The molecule has 1 aliphatic rings. The van der Waals surface area contributed by atoms with Crippen molar-refractivity contribution < 1.29 is 16.8 Å². The second-order valence-corrected chi connectivity index (χ2v) is 9.00. The minimum Gasteiger partial charge on any atom is -0.398 e. The van der Waals surface area contributed by atoms with Crippen LogP contribution < -0.4 is 10.5 Å². The maximum absolute atomic E-state index is 11.9. The van der Waals surface area contributed by atoms with E-state index < -0.39 is 25.9 Å². The van der Waals surface area contributed by atoms with Crippen LogP contribution in [0.2, 0.25) is 0 Å². The molecule has 0 radical (unpaired) electrons. The van der Waals surface area contributed by atoms with Gasteiger partial charge in [0.15, 0.2) is 9.84 Å². The van der Waals surface area contributed by atoms with E-state index in [1.807, 2.05) is 0 Å². The molecule has 0 bridgehead atoms. The molecule has 1 unspecified atom stereocenters. The molecule has 0 spiro atoms. The molecule has 0 saturated carbocycles. The van der Waals surface area contributed by atoms with Crippen molar-refractivity contribution in [2.75, 3.05) is 17.2 Å². The molecule has 6 nitrogen and oxygen atoms in total. The number of nitrogens with two attached hydrogens (primary N) is 1. The van der Waals surface area contributed by atoms with Gasteiger partial charge in [0, 0.05) is 17.1 Å². The van der Waals surface area contributed by atoms with Gasteiger partial charge in [0.1, 0.15) is 4.21 Å². The minimum atomic E-state index is -3.65. The molecular formula is C8H12N2O4S3. The lowest BCUT2D eigenvalue weighted by Gasteiger charge is -2.09. The van der Waals surface area contributed by atoms with Gasteiger partial charge in [-0.1, -0.05) is 0 Å². The van der Waals surface area contributed by atoms with Gasteiger partial charge in [-0.3, -0.25) is 0 Å². The van der Waals surface area contributed by atoms with Crippen LogP contribution in [0.3, 0.4) is 0 Å². The second kappa shape index (κ2) is 4.23. The van der Waals surface area contributed by atoms with Crippen LogP contribution in [0.15, 0.2) is 15.7 Å². The van der Waals surface area contributed by atoms with Crippen molar-refractivity contribution in [2.45, 2.75) is 16.7 Å². The van der Waals surface area contributed by atoms with Crippen molar-refractivity contribution in [2.24, 2.45) is 0 Å². The predicted octanol–water partition coefficient (Wildman–Crippen LogP) is -0.204. The number of hydrogen-bond acceptors (Lipinski definition) is 6. The molecule has 1 aromatic heterocycles. The highest BCUT2D eigenvalue weighted by Crippen LogP contribution is 2.23. The first kappa shape index (κ1) is 12.8. The summed E-state index contributed by atoms with van der Waals surface area (Å²) < 4.78 is 48.7. The molecule has 2 heterocycles. The molecule has 1 aliphatic heterocycles. The van der Waals surface area contributed by atoms with E-state index in [2.05, 4.69) is 4.72 Å². The van der Waals surface area contributed by atoms with Crippen molar-refractivity contribution in [1.82, 2.24) is 4.72 Å². The Kier molecular flexibility index (Phi) is 3.19. The first-order valence-electron chi connectivity index (χ1n) is 4.85. The van der Waals surface area contributed by atoms with E-state index in [0.717, 1.165) is 11.3 Å². The second-order valence-electron chi connectivity index (χ2n) is 3.92. The Morgan fingerprint density at radius 3 is 2.65 bits per heavy atom. The third-order valence-corrected chi connectivity index (χ3v) is 7.16. The van der Waals surface area contributed by atoms with Gasteiger partial charge in [-0.05, 0) is 12.5 Å². The quantitative estimate of drug-likeness (QED) is 0.803. The van der Waals surface area contributed by atoms with E-state index in [1.54, 1.807) is 0 Å². The summed E-state index contributed by atoms with van der Waals surface area (Å²) >= 11 is 1.01. The van der Waals surface area contributed by atoms with Gasteiger partial charge in [-0.25, -0.2) is 21.6 Å². The number of nitrogens with one attached hydrogen (secondary N) is 1. The van der Waals surface area contributed by atoms with Crippen LogP contribution in [0.1, 0.15) is 6.42 Å². The number of thiophene rings is 1. The third-order valence-electron chi connectivity index (χ3n) is 2.41. The molecular weight excluding hydrogens is 284 g/mol. The number of anilines is 1. The molecule has 2 rings (SSSR count). The number of rotatable bonds is 3. The molecule has 0 amide bonds. The largest absolute Gasteiger partial charge is 0.398 e. The zero-order valence-corrected chi connectivity index (χ0v) is 11.2. The minimum absolute atomic E-state index is 0.0345. The Morgan fingerprint density at radius 2 is 2.18 bits per heavy atom. The predicted molar refractivity (Wildman–Crippen MR) is 66.1 cm³/mol. The number of nitrogen functional groups attached to an aromatic ring is 1. The first-order valence-corrected chi connectivity index (χ1v) is 9.04. The van der Waals surface area contributed by atoms with E-state index in [-0.39, 0.29) is 15.7 Å². The van der Waals surface area contributed by atoms with Gasteiger partial charge >= 0.3 is 0 Å². The fourth-order valence-corrected chi connectivity index (χ4v) is 5.78. The Morgan fingerprint density at radius 1 is 1.47 bits per heavy atom. The first-order chi connectivity index (χ1) is 7.78. The molecule has 17 heavy (non-hydrogen) atoms. The van der Waals surface area contributed by atoms with Gasteiger partial charge in [0.25, 0.3) is 0 Å². The average Bonchev–Trinajstić information content (AvgIpc) is 2.72. The molecule has 1 fully saturated rings. The number of hydrogen-bond donors (Lipinski definition) is 2. The van der Waals surface area contributed by atoms with Crippen LogP contribution in [0.25, 0.3) is 0 Å². The van der Waals surface area contributed by atoms with Gasteiger partial charge in [-0.15, -0.1) is 11.3 Å². The lowest BCUT2D eigenvalue weighted by atomic mass is 10.3. The van der Waals surface area contributed by atoms with Crippen LogP contribution in [0, 0.1) is 0 Å². The van der Waals surface area contributed by atoms with E-state index in [4.69, 9.17) is 5.73 Å². The molecule has 96 valence electrons. The van der Waals surface area contributed by atoms with Crippen molar-refractivity contribution >= 4 is 36.9 Å². The monoisotopic (exact) mass is 296 g/mol. The lowest BCUT2D eigenvalue weighted by molar-refractivity contribution is 0.564. The highest BCUT2D eigenvalue weighted by atomic mass is 32.2. The Hall–Kier alpha value is -0.640. The fourth-order valence-electron chi connectivity index (χ4n) is 1.64. The Labute approximate surface area is 104 Å². The Balaban J connectivity index is 2.14. The highest BCUT2D eigenvalue weighted by molar-refractivity contribution is 7.92. The van der Waals surface area contributed by atoms with Crippen LogP contribution in [-0.4, -0.2) is 34.4 Å². The summed E-state index contributed by atoms with van der Waals surface area (Å²) in [5.41, 5.74) is 5.83. The summed E-state index contributed by atoms with van der Waals surface area (Å²) in [7, 11) is -6.74. The third kappa shape index (κ3) is 2.97. The van der Waals surface area contributed by atoms with Crippen molar-refractivity contribution in [1.29, 1.82) is 0 Å². The lowest BCUT2D eigenvalue weighted by Crippen LogP contribution is -2.35. The van der Waals surface area contributed by atoms with E-state index in [1.165, 1.54) is 11.4 Å². The van der Waals surface area contributed by atoms with Gasteiger partial charge < -0.3 is 5.73 Å². The summed E-state index contributed by atoms with van der Waals surface area (Å²) in [4.78, 5) is 0. The van der Waals surface area contributed by atoms with Crippen LogP contribution in [0.5, 0.6) is 0 Å². The average molecular weight is 296 g/mol. The molecule has 9 heteroatoms. The summed E-state index contributed by atoms with van der Waals surface area (Å²) in [6.07, 6.45) is 0.322. The fraction of sp³-hybridized carbons (Fsp3) is 0.500. The molecule has 1 aromatic rings. The Bertz CT molecular complexity index is 617. The zero-order chi connectivity index (χ0) is 12.7. The highest BCUT2D eigenvalue weighted by Gasteiger charge is 2.31. The summed E-state index contributed by atoms with van der Waals surface area (Å²) in [5, 5.41) is 1.53. The molecule has 1 atom stereocenters. The smallest absolute Gasteiger partial charge is 0.250 e. The zero-order valence-electron chi connectivity index (χ0n) is 8.79. The number of sulfone groups is 1. The van der Waals surface area contributed by atoms with E-state index in [9.17, 15) is 16.8 Å². The maximum Gasteiger partial charge on any atom is 0.250 e. The standard InChI is InChI=1S/C8H12N2O4S3/c9-6-3-8(15-4-6)17(13,14)10-7-1-2-16(11,12)5-7/h3-4,7,10H,1-2,5,9H2. The summed E-state index contributed by atoms with van der Waals surface area (Å²) in [6, 6.07) is 0.824. The SMILES string of the molecule is Nc1csc(S(=O)(=O)NC2CCS(=O)(=O)C2)c1. The summed E-state index contributed by atoms with van der Waals surface area (Å²) in [6.45, 7) is 0. The van der Waals surface area contributed by atoms with Crippen LogP contribution in [-0.2, 0) is 19.9 Å². The van der Waals surface area contributed by atoms with Gasteiger partial charge in [-0.2, -0.15) is 0 Å². The van der Waals surface area contributed by atoms with Crippen molar-refractivity contribution in [3.63, 3.8) is 0 Å². The van der Waals surface area contributed by atoms with Crippen molar-refractivity contribution in [3.8, 4) is 0 Å². The molecule has 1 saturated heterocycles. The number of sulfonamides is 1. The van der Waals surface area contributed by atoms with E-state index in [0.29, 0.717) is 12.1 Å². The summed E-state index contributed by atoms with van der Waals surface area (Å²) in [5.74, 6) is -0.0974. The van der Waals surface area contributed by atoms with Crippen LogP contribution in [0.4, 0.5) is 5.69 Å². The topological polar surface area (TPSA) is 106 Å². The van der Waals surface area contributed by atoms with Gasteiger partial charge in [0.05, 0.1) is 11.5 Å². The van der Waals surface area contributed by atoms with E-state index >= 15 is 0 Å². The normalized spacial score (nSPS) is 23.9. The van der Waals surface area contributed by atoms with Crippen molar-refractivity contribution in [3.05, 3.63) is 11.4 Å².